The molecule has 0 atom stereocenters. The molecule has 20 heavy (non-hydrogen) atoms. The zero-order valence-electron chi connectivity index (χ0n) is 13.0. The summed E-state index contributed by atoms with van der Waals surface area (Å²) in [5, 5.41) is 0. The molecule has 0 aromatic heterocycles. The van der Waals surface area contributed by atoms with Gasteiger partial charge >= 0.3 is 0 Å². The molecule has 4 heteroatoms. The topological polar surface area (TPSA) is 29.5 Å². The second-order valence-electron chi connectivity index (χ2n) is 5.58. The second kappa shape index (κ2) is 6.84. The number of ether oxygens (including phenoxy) is 1. The molecule has 0 unspecified atom stereocenters. The van der Waals surface area contributed by atoms with Crippen molar-refractivity contribution >= 4 is 5.78 Å². The van der Waals surface area contributed by atoms with Crippen LogP contribution >= 0.6 is 0 Å². The van der Waals surface area contributed by atoms with Crippen LogP contribution in [0.2, 0.25) is 0 Å². The Morgan fingerprint density at radius 3 is 2.60 bits per heavy atom. The van der Waals surface area contributed by atoms with Gasteiger partial charge in [-0.25, -0.2) is 4.39 Å². The van der Waals surface area contributed by atoms with Crippen molar-refractivity contribution in [2.24, 2.45) is 0 Å². The summed E-state index contributed by atoms with van der Waals surface area (Å²) in [4.78, 5) is 14.3. The van der Waals surface area contributed by atoms with Gasteiger partial charge in [0.05, 0.1) is 12.7 Å². The highest BCUT2D eigenvalue weighted by atomic mass is 19.1. The minimum absolute atomic E-state index is 0.0274. The number of halogens is 1. The van der Waals surface area contributed by atoms with E-state index in [1.54, 1.807) is 6.07 Å². The second-order valence-corrected chi connectivity index (χ2v) is 5.58. The Balaban J connectivity index is 2.78. The first-order valence-electron chi connectivity index (χ1n) is 6.90. The lowest BCUT2D eigenvalue weighted by Gasteiger charge is -2.34. The van der Waals surface area contributed by atoms with Crippen LogP contribution in [0, 0.1) is 5.82 Å². The van der Waals surface area contributed by atoms with Crippen LogP contribution in [-0.2, 0) is 0 Å². The summed E-state index contributed by atoms with van der Waals surface area (Å²) < 4.78 is 18.9. The van der Waals surface area contributed by atoms with Gasteiger partial charge in [-0.3, -0.25) is 4.79 Å². The van der Waals surface area contributed by atoms with Crippen LogP contribution in [0.1, 0.15) is 44.0 Å². The molecule has 0 heterocycles. The first-order chi connectivity index (χ1) is 9.33. The third kappa shape index (κ3) is 3.79. The van der Waals surface area contributed by atoms with Crippen molar-refractivity contribution in [1.82, 2.24) is 4.90 Å². The first kappa shape index (κ1) is 16.6. The lowest BCUT2D eigenvalue weighted by molar-refractivity contribution is 0.0922. The van der Waals surface area contributed by atoms with Crippen LogP contribution in [0.5, 0.6) is 5.75 Å². The van der Waals surface area contributed by atoms with E-state index in [2.05, 4.69) is 25.7 Å². The molecular formula is C16H24FNO2. The standard InChI is InChI=1S/C16H24FNO2/c1-6-16(2,3)18(4)11-10-13(19)15-12(17)8-7-9-14(15)20-5/h7-9H,6,10-11H2,1-5H3. The minimum Gasteiger partial charge on any atom is -0.496 e. The molecule has 0 radical (unpaired) electrons. The van der Waals surface area contributed by atoms with Crippen molar-refractivity contribution in [3.05, 3.63) is 29.6 Å². The van der Waals surface area contributed by atoms with E-state index in [-0.39, 0.29) is 23.3 Å². The zero-order valence-corrected chi connectivity index (χ0v) is 13.0. The largest absolute Gasteiger partial charge is 0.496 e. The van der Waals surface area contributed by atoms with Gasteiger partial charge in [0.25, 0.3) is 0 Å². The van der Waals surface area contributed by atoms with E-state index in [0.29, 0.717) is 12.3 Å². The van der Waals surface area contributed by atoms with Crippen molar-refractivity contribution in [2.45, 2.75) is 39.2 Å². The van der Waals surface area contributed by atoms with Gasteiger partial charge in [-0.1, -0.05) is 13.0 Å². The number of carbonyl (C=O) groups is 1. The molecule has 0 N–H and O–H groups in total. The Hall–Kier alpha value is -1.42. The van der Waals surface area contributed by atoms with E-state index in [0.717, 1.165) is 6.42 Å². The van der Waals surface area contributed by atoms with Gasteiger partial charge < -0.3 is 9.64 Å². The average molecular weight is 281 g/mol. The lowest BCUT2D eigenvalue weighted by Crippen LogP contribution is -2.41. The average Bonchev–Trinajstić information content (AvgIpc) is 2.43. The molecule has 0 saturated heterocycles. The number of carbonyl (C=O) groups excluding carboxylic acids is 1. The summed E-state index contributed by atoms with van der Waals surface area (Å²) in [6.45, 7) is 6.96. The molecular weight excluding hydrogens is 257 g/mol. The minimum atomic E-state index is -0.522. The molecule has 0 aliphatic rings. The number of Topliss-reactive ketones (excluding diaryl/α,β-unsaturated/α-hetero) is 1. The molecule has 1 rings (SSSR count). The van der Waals surface area contributed by atoms with E-state index in [1.165, 1.54) is 19.2 Å². The first-order valence-corrected chi connectivity index (χ1v) is 6.90. The van der Waals surface area contributed by atoms with Crippen LogP contribution in [0.25, 0.3) is 0 Å². The number of methoxy groups -OCH3 is 1. The Labute approximate surface area is 120 Å². The van der Waals surface area contributed by atoms with Crippen molar-refractivity contribution < 1.29 is 13.9 Å². The summed E-state index contributed by atoms with van der Waals surface area (Å²) in [5.41, 5.74) is 0.0808. The molecule has 0 saturated carbocycles. The fraction of sp³-hybridized carbons (Fsp3) is 0.562. The predicted molar refractivity (Wildman–Crippen MR) is 78.9 cm³/mol. The van der Waals surface area contributed by atoms with Crippen LogP contribution < -0.4 is 4.74 Å². The Morgan fingerprint density at radius 2 is 2.05 bits per heavy atom. The Kier molecular flexibility index (Phi) is 5.69. The molecule has 1 aromatic carbocycles. The number of nitrogens with zero attached hydrogens (tertiary/aromatic N) is 1. The molecule has 112 valence electrons. The van der Waals surface area contributed by atoms with E-state index >= 15 is 0 Å². The van der Waals surface area contributed by atoms with Crippen molar-refractivity contribution in [3.8, 4) is 5.75 Å². The van der Waals surface area contributed by atoms with Crippen LogP contribution in [0.3, 0.4) is 0 Å². The maximum absolute atomic E-state index is 13.8. The maximum Gasteiger partial charge on any atom is 0.170 e. The van der Waals surface area contributed by atoms with Gasteiger partial charge in [0.1, 0.15) is 11.6 Å². The molecule has 1 aromatic rings. The predicted octanol–water partition coefficient (Wildman–Crippen LogP) is 3.53. The van der Waals surface area contributed by atoms with Crippen molar-refractivity contribution in [1.29, 1.82) is 0 Å². The smallest absolute Gasteiger partial charge is 0.170 e. The van der Waals surface area contributed by atoms with Gasteiger partial charge in [-0.05, 0) is 39.4 Å². The summed E-state index contributed by atoms with van der Waals surface area (Å²) in [6.07, 6.45) is 1.26. The number of benzene rings is 1. The molecule has 0 aliphatic carbocycles. The normalized spacial score (nSPS) is 11.8. The zero-order chi connectivity index (χ0) is 15.3. The number of ketones is 1. The molecule has 0 bridgehead atoms. The summed E-state index contributed by atoms with van der Waals surface area (Å²) in [7, 11) is 3.42. The number of hydrogen-bond donors (Lipinski definition) is 0. The van der Waals surface area contributed by atoms with Gasteiger partial charge in [0.15, 0.2) is 5.78 Å². The van der Waals surface area contributed by atoms with E-state index in [9.17, 15) is 9.18 Å². The van der Waals surface area contributed by atoms with Crippen molar-refractivity contribution in [2.75, 3.05) is 20.7 Å². The lowest BCUT2D eigenvalue weighted by atomic mass is 9.99. The van der Waals surface area contributed by atoms with Crippen LogP contribution in [0.4, 0.5) is 4.39 Å². The van der Waals surface area contributed by atoms with E-state index in [1.807, 2.05) is 7.05 Å². The third-order valence-electron chi connectivity index (χ3n) is 4.05. The molecule has 0 spiro atoms. The van der Waals surface area contributed by atoms with Gasteiger partial charge in [-0.2, -0.15) is 0 Å². The SMILES string of the molecule is CCC(C)(C)N(C)CCC(=O)c1c(F)cccc1OC. The van der Waals surface area contributed by atoms with Crippen LogP contribution in [0.15, 0.2) is 18.2 Å². The van der Waals surface area contributed by atoms with Crippen molar-refractivity contribution in [3.63, 3.8) is 0 Å². The molecule has 0 amide bonds. The highest BCUT2D eigenvalue weighted by Crippen LogP contribution is 2.23. The van der Waals surface area contributed by atoms with E-state index in [4.69, 9.17) is 4.74 Å². The fourth-order valence-electron chi connectivity index (χ4n) is 1.91. The monoisotopic (exact) mass is 281 g/mol. The molecule has 3 nitrogen and oxygen atoms in total. The summed E-state index contributed by atoms with van der Waals surface area (Å²) in [6, 6.07) is 4.43. The summed E-state index contributed by atoms with van der Waals surface area (Å²) in [5.74, 6) is -0.446. The molecule has 0 fully saturated rings. The molecule has 0 aliphatic heterocycles. The van der Waals surface area contributed by atoms with Gasteiger partial charge in [0.2, 0.25) is 0 Å². The quantitative estimate of drug-likeness (QED) is 0.716. The summed E-state index contributed by atoms with van der Waals surface area (Å²) >= 11 is 0. The maximum atomic E-state index is 13.8. The highest BCUT2D eigenvalue weighted by Gasteiger charge is 2.23. The third-order valence-corrected chi connectivity index (χ3v) is 4.05. The number of rotatable bonds is 7. The van der Waals surface area contributed by atoms with E-state index < -0.39 is 5.82 Å². The Bertz CT molecular complexity index is 472. The van der Waals surface area contributed by atoms with Crippen LogP contribution in [-0.4, -0.2) is 36.9 Å². The fourth-order valence-corrected chi connectivity index (χ4v) is 1.91. The van der Waals surface area contributed by atoms with Gasteiger partial charge in [-0.15, -0.1) is 0 Å². The number of hydrogen-bond acceptors (Lipinski definition) is 3. The van der Waals surface area contributed by atoms with Gasteiger partial charge in [0, 0.05) is 18.5 Å². The Morgan fingerprint density at radius 1 is 1.40 bits per heavy atom. The highest BCUT2D eigenvalue weighted by molar-refractivity contribution is 5.99.